The molecule has 6 heteroatoms. The van der Waals surface area contributed by atoms with Crippen molar-refractivity contribution in [3.63, 3.8) is 0 Å². The van der Waals surface area contributed by atoms with Crippen molar-refractivity contribution >= 4 is 0 Å². The van der Waals surface area contributed by atoms with Crippen LogP contribution in [0.2, 0.25) is 0 Å². The Morgan fingerprint density at radius 2 is 2.26 bits per heavy atom. The maximum atomic E-state index is 5.37. The molecule has 2 aromatic heterocycles. The fraction of sp³-hybridized carbons (Fsp3) is 0.462. The molecular formula is C13H16N4O2. The highest BCUT2D eigenvalue weighted by molar-refractivity contribution is 5.53. The van der Waals surface area contributed by atoms with Crippen molar-refractivity contribution in [3.05, 3.63) is 24.2 Å². The first-order chi connectivity index (χ1) is 9.28. The normalized spacial score (nSPS) is 22.6. The van der Waals surface area contributed by atoms with Crippen LogP contribution in [0.1, 0.15) is 18.7 Å². The fourth-order valence-corrected chi connectivity index (χ4v) is 2.28. The SMILES string of the molecule is COc1ccc(-c2noc([C@@H]3CNC[C@H]3C)n2)cn1. The summed E-state index contributed by atoms with van der Waals surface area (Å²) in [4.78, 5) is 8.61. The topological polar surface area (TPSA) is 73.1 Å². The van der Waals surface area contributed by atoms with E-state index in [9.17, 15) is 0 Å². The minimum absolute atomic E-state index is 0.299. The van der Waals surface area contributed by atoms with Gasteiger partial charge in [-0.05, 0) is 18.5 Å². The molecule has 3 heterocycles. The number of hydrogen-bond donors (Lipinski definition) is 1. The summed E-state index contributed by atoms with van der Waals surface area (Å²) in [7, 11) is 1.59. The number of pyridine rings is 1. The Morgan fingerprint density at radius 3 is 2.89 bits per heavy atom. The second kappa shape index (κ2) is 4.97. The van der Waals surface area contributed by atoms with Crippen molar-refractivity contribution in [3.8, 4) is 17.3 Å². The number of methoxy groups -OCH3 is 1. The lowest BCUT2D eigenvalue weighted by Crippen LogP contribution is -2.08. The van der Waals surface area contributed by atoms with Gasteiger partial charge >= 0.3 is 0 Å². The Hall–Kier alpha value is -1.95. The van der Waals surface area contributed by atoms with Crippen molar-refractivity contribution in [2.24, 2.45) is 5.92 Å². The number of nitrogens with zero attached hydrogens (tertiary/aromatic N) is 3. The highest BCUT2D eigenvalue weighted by Gasteiger charge is 2.29. The van der Waals surface area contributed by atoms with Gasteiger partial charge in [0.05, 0.1) is 13.0 Å². The van der Waals surface area contributed by atoms with Gasteiger partial charge in [0.2, 0.25) is 17.6 Å². The van der Waals surface area contributed by atoms with Crippen molar-refractivity contribution in [2.75, 3.05) is 20.2 Å². The van der Waals surface area contributed by atoms with Crippen molar-refractivity contribution in [1.82, 2.24) is 20.4 Å². The second-order valence-electron chi connectivity index (χ2n) is 4.79. The minimum atomic E-state index is 0.299. The van der Waals surface area contributed by atoms with Crippen LogP contribution in [-0.2, 0) is 0 Å². The molecule has 0 radical (unpaired) electrons. The molecule has 0 bridgehead atoms. The molecular weight excluding hydrogens is 244 g/mol. The lowest BCUT2D eigenvalue weighted by molar-refractivity contribution is 0.340. The van der Waals surface area contributed by atoms with Crippen molar-refractivity contribution < 1.29 is 9.26 Å². The number of rotatable bonds is 3. The van der Waals surface area contributed by atoms with Crippen LogP contribution in [0.25, 0.3) is 11.4 Å². The maximum absolute atomic E-state index is 5.37. The maximum Gasteiger partial charge on any atom is 0.231 e. The molecule has 6 nitrogen and oxygen atoms in total. The molecule has 1 aliphatic heterocycles. The van der Waals surface area contributed by atoms with Crippen LogP contribution < -0.4 is 10.1 Å². The van der Waals surface area contributed by atoms with Gasteiger partial charge in [-0.2, -0.15) is 4.98 Å². The molecule has 1 N–H and O–H groups in total. The van der Waals surface area contributed by atoms with Gasteiger partial charge in [-0.15, -0.1) is 0 Å². The van der Waals surface area contributed by atoms with Crippen molar-refractivity contribution in [2.45, 2.75) is 12.8 Å². The largest absolute Gasteiger partial charge is 0.481 e. The van der Waals surface area contributed by atoms with Gasteiger partial charge in [0.25, 0.3) is 0 Å². The van der Waals surface area contributed by atoms with E-state index in [0.29, 0.717) is 29.4 Å². The molecule has 19 heavy (non-hydrogen) atoms. The number of aromatic nitrogens is 3. The summed E-state index contributed by atoms with van der Waals surface area (Å²) in [6.07, 6.45) is 1.68. The summed E-state index contributed by atoms with van der Waals surface area (Å²) >= 11 is 0. The molecule has 100 valence electrons. The standard InChI is InChI=1S/C13H16N4O2/c1-8-5-14-7-10(8)13-16-12(17-19-13)9-3-4-11(18-2)15-6-9/h3-4,6,8,10,14H,5,7H2,1-2H3/t8-,10-/m1/s1. The molecule has 1 aliphatic rings. The average molecular weight is 260 g/mol. The third-order valence-corrected chi connectivity index (χ3v) is 3.48. The lowest BCUT2D eigenvalue weighted by atomic mass is 9.98. The van der Waals surface area contributed by atoms with E-state index in [-0.39, 0.29) is 0 Å². The van der Waals surface area contributed by atoms with E-state index in [2.05, 4.69) is 27.4 Å². The third-order valence-electron chi connectivity index (χ3n) is 3.48. The first kappa shape index (κ1) is 12.1. The van der Waals surface area contributed by atoms with E-state index in [1.165, 1.54) is 0 Å². The molecule has 3 rings (SSSR count). The molecule has 2 atom stereocenters. The van der Waals surface area contributed by atoms with Gasteiger partial charge in [-0.25, -0.2) is 4.98 Å². The highest BCUT2D eigenvalue weighted by Crippen LogP contribution is 2.28. The Labute approximate surface area is 111 Å². The minimum Gasteiger partial charge on any atom is -0.481 e. The van der Waals surface area contributed by atoms with Gasteiger partial charge in [0.15, 0.2) is 0 Å². The van der Waals surface area contributed by atoms with Crippen LogP contribution in [0, 0.1) is 5.92 Å². The molecule has 0 aromatic carbocycles. The zero-order valence-electron chi connectivity index (χ0n) is 11.0. The average Bonchev–Trinajstić information content (AvgIpc) is 3.07. The van der Waals surface area contributed by atoms with Crippen LogP contribution in [0.3, 0.4) is 0 Å². The first-order valence-corrected chi connectivity index (χ1v) is 6.32. The molecule has 0 spiro atoms. The summed E-state index contributed by atoms with van der Waals surface area (Å²) < 4.78 is 10.4. The number of nitrogens with one attached hydrogen (secondary N) is 1. The molecule has 0 aliphatic carbocycles. The van der Waals surface area contributed by atoms with Crippen LogP contribution in [0.5, 0.6) is 5.88 Å². The predicted octanol–water partition coefficient (Wildman–Crippen LogP) is 1.46. The molecule has 0 amide bonds. The van der Waals surface area contributed by atoms with Crippen LogP contribution in [-0.4, -0.2) is 35.3 Å². The van der Waals surface area contributed by atoms with E-state index in [1.54, 1.807) is 19.4 Å². The zero-order valence-corrected chi connectivity index (χ0v) is 11.0. The van der Waals surface area contributed by atoms with Crippen molar-refractivity contribution in [1.29, 1.82) is 0 Å². The second-order valence-corrected chi connectivity index (χ2v) is 4.79. The summed E-state index contributed by atoms with van der Waals surface area (Å²) in [5.41, 5.74) is 0.828. The third kappa shape index (κ3) is 2.31. The monoisotopic (exact) mass is 260 g/mol. The van der Waals surface area contributed by atoms with E-state index in [4.69, 9.17) is 9.26 Å². The Morgan fingerprint density at radius 1 is 1.37 bits per heavy atom. The zero-order chi connectivity index (χ0) is 13.2. The molecule has 0 unspecified atom stereocenters. The van der Waals surface area contributed by atoms with E-state index >= 15 is 0 Å². The number of ether oxygens (including phenoxy) is 1. The quantitative estimate of drug-likeness (QED) is 0.900. The molecule has 0 saturated carbocycles. The Bertz CT molecular complexity index is 552. The van der Waals surface area contributed by atoms with E-state index in [1.807, 2.05) is 6.07 Å². The Kier molecular flexibility index (Phi) is 3.16. The van der Waals surface area contributed by atoms with Crippen LogP contribution in [0.4, 0.5) is 0 Å². The van der Waals surface area contributed by atoms with E-state index < -0.39 is 0 Å². The predicted molar refractivity (Wildman–Crippen MR) is 68.9 cm³/mol. The van der Waals surface area contributed by atoms with Gasteiger partial charge in [-0.1, -0.05) is 12.1 Å². The van der Waals surface area contributed by atoms with Gasteiger partial charge in [0.1, 0.15) is 0 Å². The summed E-state index contributed by atoms with van der Waals surface area (Å²) in [6, 6.07) is 3.65. The van der Waals surface area contributed by atoms with Crippen LogP contribution >= 0.6 is 0 Å². The van der Waals surface area contributed by atoms with Gasteiger partial charge in [0, 0.05) is 24.4 Å². The van der Waals surface area contributed by atoms with Gasteiger partial charge in [-0.3, -0.25) is 0 Å². The lowest BCUT2D eigenvalue weighted by Gasteiger charge is -2.07. The molecule has 2 aromatic rings. The van der Waals surface area contributed by atoms with E-state index in [0.717, 1.165) is 18.7 Å². The fourth-order valence-electron chi connectivity index (χ4n) is 2.28. The smallest absolute Gasteiger partial charge is 0.231 e. The number of hydrogen-bond acceptors (Lipinski definition) is 6. The summed E-state index contributed by atoms with van der Waals surface area (Å²) in [6.45, 7) is 4.07. The van der Waals surface area contributed by atoms with Gasteiger partial charge < -0.3 is 14.6 Å². The highest BCUT2D eigenvalue weighted by atomic mass is 16.5. The summed E-state index contributed by atoms with van der Waals surface area (Å²) in [5.74, 6) is 2.66. The Balaban J connectivity index is 1.83. The van der Waals surface area contributed by atoms with Crippen LogP contribution in [0.15, 0.2) is 22.9 Å². The molecule has 1 saturated heterocycles. The first-order valence-electron chi connectivity index (χ1n) is 6.32. The molecule has 1 fully saturated rings. The summed E-state index contributed by atoms with van der Waals surface area (Å²) in [5, 5.41) is 7.35.